The standard InChI is InChI=1S/C15H26N2OS.2C14H24N2OS.C13H22N2OS.C12H20N2OS.C11H18N2OS.C10H16N2OS/c1-6-9-17(7-2)10-8-16-12-11(15(3,4)5)14(19)13(12)18;1-6-8-16(5)9-7-15-11-10(14(2,3)4)13(18)12(11)17;1-6-16(7-2)9-8-15-11-10(14(3,4)5)13(18)12(11)17;1-6-15(5)8-7-14-10-9(13(2,3)4)12(17)11(10)16;1-12(2,3)8-9(10(15)11(8)16)13-6-7-14(4)5;1-11(2,3)7-8(9(14)10(7)15)13-6-5-12-4;1-10(2,3)6-7(12-5-4-11)8(13)9(6)14/h16H,6-10H2,1-5H3;2*15H,6-9H2,1-5H3;14H,6-8H2,1-5H3;13H,6-7H2,1-5H3;12-13H,5-6H2,1-4H3;12H,4-5,11H2,1-3H3. The van der Waals surface area contributed by atoms with Crippen molar-refractivity contribution in [2.45, 2.75) is 238 Å². The highest BCUT2D eigenvalue weighted by molar-refractivity contribution is 7.72. The Balaban J connectivity index is 0.000000684. The first kappa shape index (κ1) is 110. The van der Waals surface area contributed by atoms with Gasteiger partial charge in [0.1, 0.15) is 0 Å². The van der Waals surface area contributed by atoms with Crippen LogP contribution in [-0.2, 0) is 37.9 Å². The normalized spacial score (nSPS) is 12.3. The van der Waals surface area contributed by atoms with E-state index in [1.807, 2.05) is 41.9 Å². The maximum Gasteiger partial charge on any atom is 0.220 e. The molecule has 10 N–H and O–H groups in total. The van der Waals surface area contributed by atoms with E-state index < -0.39 is 0 Å². The number of hydrogen-bond acceptors (Lipinski definition) is 28. The van der Waals surface area contributed by atoms with Crippen molar-refractivity contribution in [1.82, 2.24) is 29.8 Å². The van der Waals surface area contributed by atoms with Gasteiger partial charge in [0.15, 0.2) is 0 Å². The number of likely N-dealkylation sites (N-methyl/N-ethyl adjacent to an activating group) is 6. The minimum atomic E-state index is -0.0675. The largest absolute Gasteiger partial charge is 0.380 e. The van der Waals surface area contributed by atoms with Crippen LogP contribution in [0.3, 0.4) is 0 Å². The highest BCUT2D eigenvalue weighted by atomic mass is 32.1. The Bertz CT molecular complexity index is 4790. The Kier molecular flexibility index (Phi) is 45.6. The number of anilines is 7. The van der Waals surface area contributed by atoms with Gasteiger partial charge in [0.05, 0.1) is 71.4 Å². The van der Waals surface area contributed by atoms with E-state index >= 15 is 0 Å². The molecule has 7 rings (SSSR count). The van der Waals surface area contributed by atoms with Crippen LogP contribution >= 0.6 is 85.5 Å². The van der Waals surface area contributed by atoms with Crippen molar-refractivity contribution in [2.24, 2.45) is 5.73 Å². The molecule has 21 nitrogen and oxygen atoms in total. The van der Waals surface area contributed by atoms with Crippen molar-refractivity contribution < 1.29 is 0 Å². The summed E-state index contributed by atoms with van der Waals surface area (Å²) in [4.78, 5) is 92.8. The summed E-state index contributed by atoms with van der Waals surface area (Å²) in [6, 6.07) is 0. The lowest BCUT2D eigenvalue weighted by atomic mass is 9.83. The Hall–Kier alpha value is -5.18. The van der Waals surface area contributed by atoms with Gasteiger partial charge >= 0.3 is 0 Å². The lowest BCUT2D eigenvalue weighted by Gasteiger charge is -2.26. The summed E-state index contributed by atoms with van der Waals surface area (Å²) in [5.41, 5.74) is 17.0. The topological polar surface area (TPSA) is 258 Å². The molecule has 0 heterocycles. The molecule has 0 radical (unpaired) electrons. The molecule has 0 aliphatic rings. The molecular weight excluding hydrogens is 1600 g/mol. The first-order chi connectivity index (χ1) is 53.8. The quantitative estimate of drug-likeness (QED) is 0.0132. The fourth-order valence-electron chi connectivity index (χ4n) is 13.2. The molecule has 0 saturated heterocycles. The molecule has 0 saturated carbocycles. The van der Waals surface area contributed by atoms with E-state index in [-0.39, 0.29) is 75.9 Å². The predicted molar refractivity (Wildman–Crippen MR) is 524 cm³/mol. The predicted octanol–water partition coefficient (Wildman–Crippen LogP) is 15.6. The second-order valence-corrected chi connectivity index (χ2v) is 40.3. The molecule has 0 atom stereocenters. The average Bonchev–Trinajstić information content (AvgIpc) is 0.795. The smallest absolute Gasteiger partial charge is 0.220 e. The third-order valence-corrected chi connectivity index (χ3v) is 22.4. The van der Waals surface area contributed by atoms with Crippen LogP contribution in [0.2, 0.25) is 0 Å². The average molecular weight is 1750 g/mol. The van der Waals surface area contributed by atoms with Crippen molar-refractivity contribution in [2.75, 3.05) is 203 Å². The number of nitrogens with zero attached hydrogens (tertiary/aromatic N) is 5. The van der Waals surface area contributed by atoms with E-state index in [2.05, 4.69) is 247 Å². The third-order valence-electron chi connectivity index (χ3n) is 19.7. The van der Waals surface area contributed by atoms with E-state index in [1.165, 1.54) is 0 Å². The van der Waals surface area contributed by atoms with Crippen LogP contribution in [0, 0.1) is 31.6 Å². The van der Waals surface area contributed by atoms with Gasteiger partial charge in [-0.1, -0.05) is 272 Å². The summed E-state index contributed by atoms with van der Waals surface area (Å²) >= 11 is 35.8. The van der Waals surface area contributed by atoms with Crippen LogP contribution < -0.4 is 86.3 Å². The van der Waals surface area contributed by atoms with E-state index in [1.54, 1.807) is 0 Å². The molecular formula is C89H150N14O7S7. The number of nitrogens with one attached hydrogen (secondary N) is 8. The number of hydrogen-bond donors (Lipinski definition) is 9. The van der Waals surface area contributed by atoms with E-state index in [0.29, 0.717) is 56.0 Å². The molecule has 117 heavy (non-hydrogen) atoms. The highest BCUT2D eigenvalue weighted by Gasteiger charge is 2.34. The van der Waals surface area contributed by atoms with Crippen LogP contribution in [0.5, 0.6) is 0 Å². The molecule has 0 aliphatic heterocycles. The van der Waals surface area contributed by atoms with Crippen molar-refractivity contribution in [3.8, 4) is 0 Å². The van der Waals surface area contributed by atoms with Gasteiger partial charge in [-0.25, -0.2) is 0 Å². The number of rotatable bonds is 35. The van der Waals surface area contributed by atoms with Crippen molar-refractivity contribution in [3.63, 3.8) is 0 Å². The van der Waals surface area contributed by atoms with Crippen LogP contribution in [0.25, 0.3) is 0 Å². The first-order valence-corrected chi connectivity index (χ1v) is 44.5. The van der Waals surface area contributed by atoms with Crippen LogP contribution in [-0.4, -0.2) is 191 Å². The van der Waals surface area contributed by atoms with Gasteiger partial charge in [0, 0.05) is 131 Å². The Labute approximate surface area is 738 Å². The summed E-state index contributed by atoms with van der Waals surface area (Å²) in [5.74, 6) is 0. The van der Waals surface area contributed by atoms with Crippen LogP contribution in [0.4, 0.5) is 39.8 Å². The van der Waals surface area contributed by atoms with Gasteiger partial charge in [0.2, 0.25) is 38.0 Å². The molecule has 0 fully saturated rings. The van der Waals surface area contributed by atoms with Gasteiger partial charge in [-0.3, -0.25) is 33.6 Å². The van der Waals surface area contributed by atoms with Crippen molar-refractivity contribution in [1.29, 1.82) is 0 Å². The zero-order valence-corrected chi connectivity index (χ0v) is 83.3. The maximum atomic E-state index is 11.8. The molecule has 28 heteroatoms. The molecule has 660 valence electrons. The summed E-state index contributed by atoms with van der Waals surface area (Å²) in [6.07, 6.45) is 2.31. The fraction of sp³-hybridized carbons (Fsp3) is 0.685. The Morgan fingerprint density at radius 2 is 0.479 bits per heavy atom. The first-order valence-electron chi connectivity index (χ1n) is 41.6. The Morgan fingerprint density at radius 1 is 0.265 bits per heavy atom. The minimum Gasteiger partial charge on any atom is -0.380 e. The minimum absolute atomic E-state index is 0.00122. The van der Waals surface area contributed by atoms with Gasteiger partial charge in [-0.05, 0) is 125 Å². The molecule has 0 aliphatic carbocycles. The molecule has 7 aromatic rings. The Morgan fingerprint density at radius 3 is 0.684 bits per heavy atom. The zero-order chi connectivity index (χ0) is 90.8. The fourth-order valence-corrected chi connectivity index (χ4v) is 16.8. The monoisotopic (exact) mass is 1750 g/mol. The second kappa shape index (κ2) is 48.6. The van der Waals surface area contributed by atoms with E-state index in [9.17, 15) is 33.6 Å². The molecule has 0 amide bonds. The molecule has 0 aromatic heterocycles. The van der Waals surface area contributed by atoms with E-state index in [4.69, 9.17) is 91.3 Å². The van der Waals surface area contributed by atoms with Gasteiger partial charge in [-0.15, -0.1) is 0 Å². The maximum absolute atomic E-state index is 11.8. The van der Waals surface area contributed by atoms with Crippen molar-refractivity contribution >= 4 is 125 Å². The highest BCUT2D eigenvalue weighted by Crippen LogP contribution is 2.36. The zero-order valence-electron chi connectivity index (χ0n) is 77.6. The molecule has 7 aromatic carbocycles. The summed E-state index contributed by atoms with van der Waals surface area (Å²) in [5, 5.41) is 25.4. The SMILES string of the molecule is CC(C)(C)c1c(NCCN)c(=O)c1=S.CCCN(C)CCNc1c(C(C)(C)C)c(=S)c1=O.CCCN(CC)CCNc1c(C(C)(C)C)c(=S)c1=O.CCN(C)CCNc1c(C(C)(C)C)c(=S)c1=O.CCN(CC)CCNc1c(C(C)(C)C)c(=S)c1=O.CN(C)CCNc1c(C(C)(C)C)c(=S)c1=O.CNCCNc1c(C(C)(C)C)c(=S)c1=O. The summed E-state index contributed by atoms with van der Waals surface area (Å²) < 4.78 is 3.49. The van der Waals surface area contributed by atoms with Gasteiger partial charge in [-0.2, -0.15) is 0 Å². The van der Waals surface area contributed by atoms with Gasteiger partial charge < -0.3 is 72.8 Å². The lowest BCUT2D eigenvalue weighted by molar-refractivity contribution is 0.300. The summed E-state index contributed by atoms with van der Waals surface area (Å²) in [7, 11) is 10.1. The van der Waals surface area contributed by atoms with Crippen LogP contribution in [0.1, 0.15) is 239 Å². The summed E-state index contributed by atoms with van der Waals surface area (Å²) in [6.45, 7) is 74.3. The van der Waals surface area contributed by atoms with Gasteiger partial charge in [0.25, 0.3) is 0 Å². The molecule has 0 bridgehead atoms. The third kappa shape index (κ3) is 32.2. The van der Waals surface area contributed by atoms with Crippen LogP contribution in [0.15, 0.2) is 33.6 Å². The number of nitrogens with two attached hydrogens (primary N) is 1. The molecule has 0 spiro atoms. The molecule has 0 unspecified atom stereocenters. The lowest BCUT2D eigenvalue weighted by Crippen LogP contribution is -2.33. The van der Waals surface area contributed by atoms with Crippen molar-refractivity contribution in [3.05, 3.63) is 142 Å². The second-order valence-electron chi connectivity index (χ2n) is 37.5. The van der Waals surface area contributed by atoms with E-state index in [0.717, 1.165) is 198 Å².